The standard InChI is InChI=1S/Ca.H2O4S.Pb.4H/c;1-5(2,3)4;;;;;/h;(H2,1,2,3,4);;;;;/q+2;;;;;2*-1. The molecule has 0 saturated carbocycles. The van der Waals surface area contributed by atoms with E-state index in [0.717, 1.165) is 0 Å². The van der Waals surface area contributed by atoms with Crippen LogP contribution < -0.4 is 0 Å². The van der Waals surface area contributed by atoms with Crippen molar-refractivity contribution in [2.24, 2.45) is 0 Å². The quantitative estimate of drug-likeness (QED) is 0.403. The summed E-state index contributed by atoms with van der Waals surface area (Å²) in [5.74, 6) is 0. The molecular formula is H6CaO4PbS. The fourth-order valence-electron chi connectivity index (χ4n) is 0. The fourth-order valence-corrected chi connectivity index (χ4v) is 0. The van der Waals surface area contributed by atoms with E-state index in [1.165, 1.54) is 0 Å². The molecule has 0 aliphatic rings. The van der Waals surface area contributed by atoms with E-state index in [-0.39, 0.29) is 67.9 Å². The summed E-state index contributed by atoms with van der Waals surface area (Å²) >= 11 is 0. The molecule has 0 aliphatic heterocycles. The van der Waals surface area contributed by atoms with Crippen LogP contribution in [-0.4, -0.2) is 82.6 Å². The first-order chi connectivity index (χ1) is 2.00. The van der Waals surface area contributed by atoms with Crippen LogP contribution in [0.5, 0.6) is 0 Å². The van der Waals surface area contributed by atoms with Gasteiger partial charge in [-0.05, 0) is 0 Å². The van der Waals surface area contributed by atoms with Gasteiger partial charge in [0.1, 0.15) is 0 Å². The summed E-state index contributed by atoms with van der Waals surface area (Å²) in [6, 6.07) is 0. The van der Waals surface area contributed by atoms with E-state index in [1.54, 1.807) is 0 Å². The van der Waals surface area contributed by atoms with Crippen LogP contribution in [0.15, 0.2) is 0 Å². The van der Waals surface area contributed by atoms with Crippen LogP contribution >= 0.6 is 0 Å². The van der Waals surface area contributed by atoms with Crippen LogP contribution in [0.1, 0.15) is 2.85 Å². The Bertz CT molecular complexity index is 102. The first-order valence-corrected chi connectivity index (χ1v) is 2.10. The van der Waals surface area contributed by atoms with Crippen molar-refractivity contribution in [1.29, 1.82) is 0 Å². The van der Waals surface area contributed by atoms with Gasteiger partial charge < -0.3 is 2.85 Å². The van der Waals surface area contributed by atoms with E-state index in [0.29, 0.717) is 0 Å². The topological polar surface area (TPSA) is 74.6 Å². The van der Waals surface area contributed by atoms with Gasteiger partial charge in [0.25, 0.3) is 0 Å². The van der Waals surface area contributed by atoms with Gasteiger partial charge in [-0.1, -0.05) is 0 Å². The van der Waals surface area contributed by atoms with E-state index < -0.39 is 10.4 Å². The van der Waals surface area contributed by atoms with Crippen molar-refractivity contribution >= 4 is 75.4 Å². The number of hydrogen-bond donors (Lipinski definition) is 2. The summed E-state index contributed by atoms with van der Waals surface area (Å²) < 4.78 is 31.6. The summed E-state index contributed by atoms with van der Waals surface area (Å²) in [7, 11) is -4.67. The zero-order valence-corrected chi connectivity index (χ0v) is 12.1. The molecule has 0 atom stereocenters. The Morgan fingerprint density at radius 2 is 1.29 bits per heavy atom. The van der Waals surface area contributed by atoms with E-state index >= 15 is 0 Å². The van der Waals surface area contributed by atoms with Gasteiger partial charge in [-0.25, -0.2) is 0 Å². The Morgan fingerprint density at radius 3 is 1.29 bits per heavy atom. The zero-order chi connectivity index (χ0) is 4.50. The Morgan fingerprint density at radius 1 is 1.29 bits per heavy atom. The van der Waals surface area contributed by atoms with Gasteiger partial charge in [-0.2, -0.15) is 8.42 Å². The molecule has 2 N–H and O–H groups in total. The predicted octanol–water partition coefficient (Wildman–Crippen LogP) is -1.72. The zero-order valence-electron chi connectivity index (χ0n) is 5.53. The molecule has 0 bridgehead atoms. The molecule has 0 aromatic rings. The molecular weight excluding hydrogens is 343 g/mol. The third-order valence-corrected chi connectivity index (χ3v) is 0. The van der Waals surface area contributed by atoms with Crippen molar-refractivity contribution in [2.45, 2.75) is 0 Å². The van der Waals surface area contributed by atoms with Crippen LogP contribution in [0.4, 0.5) is 0 Å². The second kappa shape index (κ2) is 6.18. The van der Waals surface area contributed by atoms with Gasteiger partial charge in [0.15, 0.2) is 0 Å². The first kappa shape index (κ1) is 16.0. The summed E-state index contributed by atoms with van der Waals surface area (Å²) in [5.41, 5.74) is 0. The molecule has 0 saturated heterocycles. The molecule has 2 radical (unpaired) electrons. The SMILES string of the molecule is O=S(=O)(O)O.[Ca+2].[H-].[H-].[PbH2]. The molecule has 4 nitrogen and oxygen atoms in total. The van der Waals surface area contributed by atoms with Crippen molar-refractivity contribution in [1.82, 2.24) is 0 Å². The minimum atomic E-state index is -4.67. The molecule has 0 rings (SSSR count). The second-order valence-electron chi connectivity index (χ2n) is 0.448. The molecule has 7 heavy (non-hydrogen) atoms. The van der Waals surface area contributed by atoms with Gasteiger partial charge in [0.05, 0.1) is 0 Å². The van der Waals surface area contributed by atoms with Crippen molar-refractivity contribution in [3.8, 4) is 0 Å². The summed E-state index contributed by atoms with van der Waals surface area (Å²) in [4.78, 5) is 0. The molecule has 0 amide bonds. The molecule has 42 valence electrons. The van der Waals surface area contributed by atoms with E-state index in [4.69, 9.17) is 17.5 Å². The summed E-state index contributed by atoms with van der Waals surface area (Å²) in [6.07, 6.45) is 0. The average Bonchev–Trinajstić information content (AvgIpc) is 0.722. The summed E-state index contributed by atoms with van der Waals surface area (Å²) in [6.45, 7) is 0. The van der Waals surface area contributed by atoms with E-state index in [9.17, 15) is 0 Å². The average molecular weight is 349 g/mol. The maximum absolute atomic E-state index is 8.74. The van der Waals surface area contributed by atoms with Crippen molar-refractivity contribution in [3.05, 3.63) is 0 Å². The Kier molecular flexibility index (Phi) is 14.1. The Labute approximate surface area is 94.4 Å². The van der Waals surface area contributed by atoms with Crippen LogP contribution in [-0.2, 0) is 10.4 Å². The molecule has 0 unspecified atom stereocenters. The third kappa shape index (κ3) is 70.0. The minimum absolute atomic E-state index is 0. The Balaban J connectivity index is -0.0000000133. The van der Waals surface area contributed by atoms with Crippen molar-refractivity contribution in [2.75, 3.05) is 0 Å². The monoisotopic (exact) mass is 350 g/mol. The molecule has 0 aromatic carbocycles. The molecule has 0 heterocycles. The number of hydrogen-bond acceptors (Lipinski definition) is 2. The van der Waals surface area contributed by atoms with Gasteiger partial charge in [0, 0.05) is 0 Å². The van der Waals surface area contributed by atoms with Gasteiger partial charge >= 0.3 is 75.4 Å². The molecule has 0 fully saturated rings. The van der Waals surface area contributed by atoms with Crippen LogP contribution in [0.2, 0.25) is 0 Å². The van der Waals surface area contributed by atoms with Gasteiger partial charge in [-0.15, -0.1) is 0 Å². The molecule has 0 aliphatic carbocycles. The second-order valence-corrected chi connectivity index (χ2v) is 1.34. The predicted molar refractivity (Wildman–Crippen MR) is 30.7 cm³/mol. The number of rotatable bonds is 0. The van der Waals surface area contributed by atoms with Crippen molar-refractivity contribution in [3.63, 3.8) is 0 Å². The fraction of sp³-hybridized carbons (Fsp3) is 0. The van der Waals surface area contributed by atoms with Gasteiger partial charge in [0.2, 0.25) is 0 Å². The van der Waals surface area contributed by atoms with Crippen LogP contribution in [0.25, 0.3) is 0 Å². The maximum atomic E-state index is 8.74. The van der Waals surface area contributed by atoms with Gasteiger partial charge in [-0.3, -0.25) is 9.11 Å². The first-order valence-electron chi connectivity index (χ1n) is 0.698. The third-order valence-electron chi connectivity index (χ3n) is 0. The van der Waals surface area contributed by atoms with Crippen LogP contribution in [0.3, 0.4) is 0 Å². The Hall–Kier alpha value is 2.05. The van der Waals surface area contributed by atoms with E-state index in [1.807, 2.05) is 0 Å². The summed E-state index contributed by atoms with van der Waals surface area (Å²) in [5, 5.41) is 0. The molecule has 0 aromatic heterocycles. The van der Waals surface area contributed by atoms with Crippen LogP contribution in [0, 0.1) is 0 Å². The van der Waals surface area contributed by atoms with E-state index in [2.05, 4.69) is 0 Å². The normalized spacial score (nSPS) is 8.29. The van der Waals surface area contributed by atoms with Crippen molar-refractivity contribution < 1.29 is 20.4 Å². The molecule has 7 heteroatoms. The molecule has 0 spiro atoms.